The molecule has 19 heavy (non-hydrogen) atoms. The average molecular weight is 267 g/mol. The molecule has 0 aliphatic carbocycles. The van der Waals surface area contributed by atoms with Gasteiger partial charge in [0.05, 0.1) is 12.8 Å². The van der Waals surface area contributed by atoms with E-state index in [1.807, 2.05) is 6.07 Å². The Morgan fingerprint density at radius 3 is 2.58 bits per heavy atom. The Hall–Kier alpha value is -1.91. The average Bonchev–Trinajstić information content (AvgIpc) is 2.40. The van der Waals surface area contributed by atoms with Crippen molar-refractivity contribution < 1.29 is 18.8 Å². The molecular weight excluding hydrogens is 249 g/mol. The molecule has 1 aromatic carbocycles. The molecule has 5 heteroatoms. The molecule has 0 saturated carbocycles. The summed E-state index contributed by atoms with van der Waals surface area (Å²) in [7, 11) is 0. The van der Waals surface area contributed by atoms with Crippen LogP contribution in [0.5, 0.6) is 0 Å². The predicted molar refractivity (Wildman–Crippen MR) is 70.7 cm³/mol. The molecule has 1 atom stereocenters. The third-order valence-corrected chi connectivity index (χ3v) is 2.38. The molecule has 104 valence electrons. The van der Waals surface area contributed by atoms with Gasteiger partial charge in [0.2, 0.25) is 5.67 Å². The van der Waals surface area contributed by atoms with Crippen LogP contribution in [0.2, 0.25) is 0 Å². The number of carbonyl (C=O) groups excluding carboxylic acids is 1. The molecule has 0 unspecified atom stereocenters. The van der Waals surface area contributed by atoms with Gasteiger partial charge in [0.15, 0.2) is 0 Å². The molecule has 0 amide bonds. The second-order valence-corrected chi connectivity index (χ2v) is 3.90. The second kappa shape index (κ2) is 7.51. The lowest BCUT2D eigenvalue weighted by atomic mass is 9.97. The highest BCUT2D eigenvalue weighted by molar-refractivity contribution is 5.98. The summed E-state index contributed by atoms with van der Waals surface area (Å²) in [5, 5.41) is 3.46. The number of halogens is 1. The van der Waals surface area contributed by atoms with Crippen LogP contribution in [0.4, 0.5) is 4.39 Å². The maximum absolute atomic E-state index is 14.7. The Morgan fingerprint density at radius 1 is 1.32 bits per heavy atom. The monoisotopic (exact) mass is 267 g/mol. The first kappa shape index (κ1) is 15.1. The summed E-state index contributed by atoms with van der Waals surface area (Å²) in [5.41, 5.74) is -1.63. The van der Waals surface area contributed by atoms with Gasteiger partial charge in [-0.1, -0.05) is 35.5 Å². The van der Waals surface area contributed by atoms with Crippen molar-refractivity contribution in [3.63, 3.8) is 0 Å². The van der Waals surface area contributed by atoms with Gasteiger partial charge in [-0.2, -0.15) is 0 Å². The van der Waals surface area contributed by atoms with Crippen molar-refractivity contribution >= 4 is 12.2 Å². The van der Waals surface area contributed by atoms with Crippen LogP contribution >= 0.6 is 0 Å². The van der Waals surface area contributed by atoms with Gasteiger partial charge in [0, 0.05) is 6.42 Å². The Kier molecular flexibility index (Phi) is 5.99. The van der Waals surface area contributed by atoms with Crippen molar-refractivity contribution in [3.05, 3.63) is 35.9 Å². The van der Waals surface area contributed by atoms with E-state index < -0.39 is 11.6 Å². The molecule has 1 aromatic rings. The second-order valence-electron chi connectivity index (χ2n) is 3.90. The summed E-state index contributed by atoms with van der Waals surface area (Å²) in [4.78, 5) is 16.4. The molecule has 0 fully saturated rings. The number of rotatable bonds is 7. The quantitative estimate of drug-likeness (QED) is 0.433. The first-order valence-electron chi connectivity index (χ1n) is 6.19. The van der Waals surface area contributed by atoms with E-state index in [2.05, 4.69) is 5.16 Å². The molecular formula is C14H18FNO3. The van der Waals surface area contributed by atoms with Gasteiger partial charge in [0.25, 0.3) is 0 Å². The van der Waals surface area contributed by atoms with Crippen molar-refractivity contribution in [1.82, 2.24) is 0 Å². The van der Waals surface area contributed by atoms with Crippen molar-refractivity contribution in [2.45, 2.75) is 25.9 Å². The van der Waals surface area contributed by atoms with E-state index in [0.29, 0.717) is 12.2 Å². The smallest absolute Gasteiger partial charge is 0.350 e. The van der Waals surface area contributed by atoms with Crippen LogP contribution in [0.25, 0.3) is 0 Å². The number of carbonyl (C=O) groups is 1. The van der Waals surface area contributed by atoms with Crippen LogP contribution in [0.1, 0.15) is 19.4 Å². The minimum absolute atomic E-state index is 0.113. The van der Waals surface area contributed by atoms with Crippen LogP contribution in [0.3, 0.4) is 0 Å². The molecule has 1 rings (SSSR count). The molecule has 0 bridgehead atoms. The van der Waals surface area contributed by atoms with Crippen molar-refractivity contribution in [3.8, 4) is 0 Å². The highest BCUT2D eigenvalue weighted by atomic mass is 19.1. The van der Waals surface area contributed by atoms with Gasteiger partial charge >= 0.3 is 5.97 Å². The summed E-state index contributed by atoms with van der Waals surface area (Å²) in [6.45, 7) is 3.77. The maximum atomic E-state index is 14.7. The zero-order valence-corrected chi connectivity index (χ0v) is 11.1. The van der Waals surface area contributed by atoms with Gasteiger partial charge in [-0.15, -0.1) is 0 Å². The molecule has 0 radical (unpaired) electrons. The molecule has 0 saturated heterocycles. The number of hydrogen-bond donors (Lipinski definition) is 0. The van der Waals surface area contributed by atoms with Crippen molar-refractivity contribution in [1.29, 1.82) is 0 Å². The summed E-state index contributed by atoms with van der Waals surface area (Å²) in [6, 6.07) is 8.85. The first-order chi connectivity index (χ1) is 9.12. The largest absolute Gasteiger partial charge is 0.463 e. The molecule has 0 aliphatic heterocycles. The number of hydrogen-bond acceptors (Lipinski definition) is 4. The highest BCUT2D eigenvalue weighted by Gasteiger charge is 2.39. The van der Waals surface area contributed by atoms with Crippen molar-refractivity contribution in [2.75, 3.05) is 13.2 Å². The molecule has 4 nitrogen and oxygen atoms in total. The minimum Gasteiger partial charge on any atom is -0.463 e. The van der Waals surface area contributed by atoms with E-state index >= 15 is 0 Å². The van der Waals surface area contributed by atoms with Gasteiger partial charge < -0.3 is 9.57 Å². The number of esters is 1. The lowest BCUT2D eigenvalue weighted by Gasteiger charge is -2.18. The maximum Gasteiger partial charge on any atom is 0.350 e. The zero-order valence-electron chi connectivity index (χ0n) is 11.1. The van der Waals surface area contributed by atoms with E-state index in [0.717, 1.165) is 6.21 Å². The number of alkyl halides is 1. The Bertz CT molecular complexity index is 422. The zero-order chi connectivity index (χ0) is 14.1. The number of benzene rings is 1. The lowest BCUT2D eigenvalue weighted by molar-refractivity contribution is -0.152. The first-order valence-corrected chi connectivity index (χ1v) is 6.19. The number of nitrogens with zero attached hydrogens (tertiary/aromatic N) is 1. The van der Waals surface area contributed by atoms with E-state index in [1.54, 1.807) is 38.1 Å². The summed E-state index contributed by atoms with van der Waals surface area (Å²) in [6.07, 6.45) is 0.727. The Morgan fingerprint density at radius 2 is 2.00 bits per heavy atom. The van der Waals surface area contributed by atoms with E-state index in [9.17, 15) is 9.18 Å². The van der Waals surface area contributed by atoms with Crippen molar-refractivity contribution in [2.24, 2.45) is 5.16 Å². The van der Waals surface area contributed by atoms with Crippen LogP contribution in [-0.4, -0.2) is 31.1 Å². The molecule has 0 spiro atoms. The fourth-order valence-corrected chi connectivity index (χ4v) is 1.51. The summed E-state index contributed by atoms with van der Waals surface area (Å²) in [5.74, 6) is -0.956. The topological polar surface area (TPSA) is 47.9 Å². The molecule has 0 heterocycles. The normalized spacial score (nSPS) is 14.1. The third kappa shape index (κ3) is 4.69. The Labute approximate surface area is 112 Å². The van der Waals surface area contributed by atoms with Crippen LogP contribution in [-0.2, 0) is 20.8 Å². The highest BCUT2D eigenvalue weighted by Crippen LogP contribution is 2.18. The number of oxime groups is 1. The Balaban J connectivity index is 2.88. The van der Waals surface area contributed by atoms with Gasteiger partial charge in [-0.05, 0) is 19.4 Å². The standard InChI is InChI=1S/C14H18FNO3/c1-3-18-13(17)14(15,11-16-19-4-2)10-12-8-6-5-7-9-12/h5-9,11H,3-4,10H2,1-2H3/b16-11-/t14-/m1/s1. The molecule has 0 N–H and O–H groups in total. The third-order valence-electron chi connectivity index (χ3n) is 2.38. The van der Waals surface area contributed by atoms with Crippen LogP contribution in [0.15, 0.2) is 35.5 Å². The SMILES string of the molecule is CCO/N=C\[C@](F)(Cc1ccccc1)C(=O)OCC. The van der Waals surface area contributed by atoms with Gasteiger partial charge in [-0.25, -0.2) is 9.18 Å². The predicted octanol–water partition coefficient (Wildman–Crippen LogP) is 2.52. The fraction of sp³-hybridized carbons (Fsp3) is 0.429. The summed E-state index contributed by atoms with van der Waals surface area (Å²) >= 11 is 0. The van der Waals surface area contributed by atoms with Gasteiger partial charge in [0.1, 0.15) is 6.61 Å². The number of ether oxygens (including phenoxy) is 1. The minimum atomic E-state index is -2.31. The van der Waals surface area contributed by atoms with Gasteiger partial charge in [-0.3, -0.25) is 0 Å². The van der Waals surface area contributed by atoms with Crippen LogP contribution in [0, 0.1) is 0 Å². The van der Waals surface area contributed by atoms with Crippen LogP contribution < -0.4 is 0 Å². The molecule has 0 aliphatic rings. The summed E-state index contributed by atoms with van der Waals surface area (Å²) < 4.78 is 19.4. The molecule has 0 aromatic heterocycles. The van der Waals surface area contributed by atoms with E-state index in [4.69, 9.17) is 9.57 Å². The lowest BCUT2D eigenvalue weighted by Crippen LogP contribution is -2.39. The fourth-order valence-electron chi connectivity index (χ4n) is 1.51. The van der Waals surface area contributed by atoms with E-state index in [-0.39, 0.29) is 13.0 Å². The van der Waals surface area contributed by atoms with E-state index in [1.165, 1.54) is 0 Å².